The summed E-state index contributed by atoms with van der Waals surface area (Å²) in [5.41, 5.74) is 2.74. The number of nitrogens with zero attached hydrogens (tertiary/aromatic N) is 3. The van der Waals surface area contributed by atoms with Crippen molar-refractivity contribution in [1.82, 2.24) is 25.2 Å². The van der Waals surface area contributed by atoms with Gasteiger partial charge in [-0.3, -0.25) is 14.7 Å². The summed E-state index contributed by atoms with van der Waals surface area (Å²) in [5.74, 6) is 0.759. The number of thiazole rings is 1. The number of rotatable bonds is 5. The quantitative estimate of drug-likeness (QED) is 0.861. The molecule has 1 aliphatic rings. The molecule has 0 unspecified atom stereocenters. The van der Waals surface area contributed by atoms with Crippen LogP contribution in [0.1, 0.15) is 29.4 Å². The normalized spacial score (nSPS) is 19.2. The Hall–Kier alpha value is -1.77. The number of nitrogens with one attached hydrogen (secondary N) is 2. The van der Waals surface area contributed by atoms with Crippen molar-refractivity contribution in [1.29, 1.82) is 0 Å². The van der Waals surface area contributed by atoms with Gasteiger partial charge in [0, 0.05) is 37.6 Å². The zero-order chi connectivity index (χ0) is 15.4. The number of H-pyrrole nitrogens is 1. The average Bonchev–Trinajstić information content (AvgIpc) is 3.16. The van der Waals surface area contributed by atoms with E-state index in [1.807, 2.05) is 11.7 Å². The number of hydrogen-bond donors (Lipinski definition) is 2. The second-order valence-corrected chi connectivity index (χ2v) is 6.24. The summed E-state index contributed by atoms with van der Waals surface area (Å²) in [6.45, 7) is 5.24. The minimum atomic E-state index is -0.0623. The third-order valence-corrected chi connectivity index (χ3v) is 4.26. The molecule has 0 aliphatic carbocycles. The number of aromatic nitrogens is 3. The van der Waals surface area contributed by atoms with Crippen molar-refractivity contribution in [3.8, 4) is 0 Å². The zero-order valence-corrected chi connectivity index (χ0v) is 13.2. The van der Waals surface area contributed by atoms with Gasteiger partial charge in [-0.15, -0.1) is 11.3 Å². The Balaban J connectivity index is 1.58. The van der Waals surface area contributed by atoms with E-state index >= 15 is 0 Å². The summed E-state index contributed by atoms with van der Waals surface area (Å²) >= 11 is 1.67. The first kappa shape index (κ1) is 15.1. The number of imidazole rings is 1. The van der Waals surface area contributed by atoms with Crippen molar-refractivity contribution in [2.24, 2.45) is 0 Å². The average molecular weight is 321 g/mol. The summed E-state index contributed by atoms with van der Waals surface area (Å²) in [6, 6.07) is 0. The van der Waals surface area contributed by atoms with Gasteiger partial charge in [0.2, 0.25) is 5.91 Å². The molecular weight excluding hydrogens is 302 g/mol. The predicted octanol–water partition coefficient (Wildman–Crippen LogP) is 1.08. The highest BCUT2D eigenvalue weighted by molar-refractivity contribution is 7.09. The van der Waals surface area contributed by atoms with Crippen LogP contribution in [0.4, 0.5) is 0 Å². The van der Waals surface area contributed by atoms with E-state index in [1.54, 1.807) is 17.5 Å². The van der Waals surface area contributed by atoms with E-state index < -0.39 is 0 Å². The van der Waals surface area contributed by atoms with Crippen LogP contribution in [0.3, 0.4) is 0 Å². The topological polar surface area (TPSA) is 83.1 Å². The van der Waals surface area contributed by atoms with Gasteiger partial charge in [-0.2, -0.15) is 0 Å². The molecule has 118 valence electrons. The van der Waals surface area contributed by atoms with Crippen LogP contribution in [0.2, 0.25) is 0 Å². The van der Waals surface area contributed by atoms with Gasteiger partial charge < -0.3 is 15.0 Å². The minimum absolute atomic E-state index is 0.0548. The third kappa shape index (κ3) is 3.90. The van der Waals surface area contributed by atoms with Gasteiger partial charge in [0.25, 0.3) is 0 Å². The van der Waals surface area contributed by atoms with Crippen LogP contribution < -0.4 is 5.32 Å². The molecule has 2 N–H and O–H groups in total. The number of carbonyl (C=O) groups is 1. The van der Waals surface area contributed by atoms with E-state index in [0.717, 1.165) is 31.2 Å². The van der Waals surface area contributed by atoms with Crippen LogP contribution in [0, 0.1) is 0 Å². The van der Waals surface area contributed by atoms with E-state index in [2.05, 4.69) is 25.2 Å². The van der Waals surface area contributed by atoms with Gasteiger partial charge in [-0.25, -0.2) is 4.98 Å². The molecule has 0 saturated carbocycles. The van der Waals surface area contributed by atoms with Gasteiger partial charge in [-0.1, -0.05) is 0 Å². The molecule has 22 heavy (non-hydrogen) atoms. The number of hydrogen-bond acceptors (Lipinski definition) is 6. The van der Waals surface area contributed by atoms with Gasteiger partial charge in [-0.05, 0) is 0 Å². The minimum Gasteiger partial charge on any atom is -0.368 e. The van der Waals surface area contributed by atoms with Gasteiger partial charge in [0.1, 0.15) is 11.9 Å². The molecule has 1 fully saturated rings. The number of aromatic amines is 1. The summed E-state index contributed by atoms with van der Waals surface area (Å²) < 4.78 is 5.82. The Bertz CT molecular complexity index is 613. The number of amides is 1. The lowest BCUT2D eigenvalue weighted by Gasteiger charge is -2.31. The Labute approximate surface area is 132 Å². The van der Waals surface area contributed by atoms with Crippen LogP contribution in [-0.4, -0.2) is 45.5 Å². The van der Waals surface area contributed by atoms with Crippen molar-refractivity contribution >= 4 is 17.2 Å². The predicted molar refractivity (Wildman–Crippen MR) is 82.2 cm³/mol. The highest BCUT2D eigenvalue weighted by Gasteiger charge is 2.24. The highest BCUT2D eigenvalue weighted by atomic mass is 32.1. The first-order valence-corrected chi connectivity index (χ1v) is 8.08. The second kappa shape index (κ2) is 6.99. The molecule has 1 aliphatic heterocycles. The maximum atomic E-state index is 10.9. The van der Waals surface area contributed by atoms with E-state index in [4.69, 9.17) is 4.74 Å². The Morgan fingerprint density at radius 3 is 3.27 bits per heavy atom. The lowest BCUT2D eigenvalue weighted by atomic mass is 10.2. The van der Waals surface area contributed by atoms with Crippen LogP contribution in [0.25, 0.3) is 0 Å². The number of carbonyl (C=O) groups excluding carboxylic acids is 1. The second-order valence-electron chi connectivity index (χ2n) is 5.27. The van der Waals surface area contributed by atoms with Crippen molar-refractivity contribution in [3.05, 3.63) is 34.3 Å². The van der Waals surface area contributed by atoms with E-state index in [1.165, 1.54) is 11.8 Å². The number of morpholine rings is 1. The lowest BCUT2D eigenvalue weighted by molar-refractivity contribution is -0.119. The SMILES string of the molecule is CC(=O)NCc1cnc([C@H]2CN(Cc3cncs3)CCO2)[nH]1. The fraction of sp³-hybridized carbons (Fsp3) is 0.500. The molecule has 1 atom stereocenters. The van der Waals surface area contributed by atoms with Crippen molar-refractivity contribution in [2.75, 3.05) is 19.7 Å². The maximum Gasteiger partial charge on any atom is 0.217 e. The van der Waals surface area contributed by atoms with Gasteiger partial charge >= 0.3 is 0 Å². The third-order valence-electron chi connectivity index (χ3n) is 3.49. The van der Waals surface area contributed by atoms with Crippen molar-refractivity contribution in [3.63, 3.8) is 0 Å². The molecule has 0 aromatic carbocycles. The molecule has 7 nitrogen and oxygen atoms in total. The monoisotopic (exact) mass is 321 g/mol. The van der Waals surface area contributed by atoms with E-state index in [9.17, 15) is 4.79 Å². The van der Waals surface area contributed by atoms with Crippen molar-refractivity contribution < 1.29 is 9.53 Å². The molecule has 8 heteroatoms. The Morgan fingerprint density at radius 2 is 2.50 bits per heavy atom. The summed E-state index contributed by atoms with van der Waals surface area (Å²) in [6.07, 6.45) is 3.59. The molecular formula is C14H19N5O2S. The fourth-order valence-corrected chi connectivity index (χ4v) is 3.04. The van der Waals surface area contributed by atoms with Crippen LogP contribution in [0.15, 0.2) is 17.9 Å². The zero-order valence-electron chi connectivity index (χ0n) is 12.4. The number of ether oxygens (including phenoxy) is 1. The van der Waals surface area contributed by atoms with E-state index in [-0.39, 0.29) is 12.0 Å². The van der Waals surface area contributed by atoms with Crippen LogP contribution in [-0.2, 0) is 22.6 Å². The molecule has 0 radical (unpaired) electrons. The maximum absolute atomic E-state index is 10.9. The Kier molecular flexibility index (Phi) is 4.81. The molecule has 0 bridgehead atoms. The molecule has 1 saturated heterocycles. The fourth-order valence-electron chi connectivity index (χ4n) is 2.40. The first-order valence-electron chi connectivity index (χ1n) is 7.20. The van der Waals surface area contributed by atoms with E-state index in [0.29, 0.717) is 13.2 Å². The van der Waals surface area contributed by atoms with Crippen LogP contribution >= 0.6 is 11.3 Å². The Morgan fingerprint density at radius 1 is 1.59 bits per heavy atom. The highest BCUT2D eigenvalue weighted by Crippen LogP contribution is 2.21. The molecule has 1 amide bonds. The lowest BCUT2D eigenvalue weighted by Crippen LogP contribution is -2.38. The van der Waals surface area contributed by atoms with Crippen LogP contribution in [0.5, 0.6) is 0 Å². The van der Waals surface area contributed by atoms with Crippen molar-refractivity contribution in [2.45, 2.75) is 26.1 Å². The van der Waals surface area contributed by atoms with Gasteiger partial charge in [0.05, 0.1) is 30.6 Å². The molecule has 3 rings (SSSR count). The van der Waals surface area contributed by atoms with Gasteiger partial charge in [0.15, 0.2) is 0 Å². The summed E-state index contributed by atoms with van der Waals surface area (Å²) in [7, 11) is 0. The molecule has 2 aromatic rings. The molecule has 2 aromatic heterocycles. The molecule has 0 spiro atoms. The molecule has 3 heterocycles. The first-order chi connectivity index (χ1) is 10.7. The smallest absolute Gasteiger partial charge is 0.217 e. The summed E-state index contributed by atoms with van der Waals surface area (Å²) in [4.78, 5) is 26.3. The standard InChI is InChI=1S/C14H19N5O2S/c1-10(20)16-4-11-5-17-14(18-11)13-8-19(2-3-21-13)7-12-6-15-9-22-12/h5-6,9,13H,2-4,7-8H2,1H3,(H,16,20)(H,17,18)/t13-/m1/s1. The summed E-state index contributed by atoms with van der Waals surface area (Å²) in [5, 5.41) is 2.75. The largest absolute Gasteiger partial charge is 0.368 e.